The van der Waals surface area contributed by atoms with Crippen molar-refractivity contribution in [3.8, 4) is 6.07 Å². The van der Waals surface area contributed by atoms with Crippen molar-refractivity contribution in [2.45, 2.75) is 18.6 Å². The van der Waals surface area contributed by atoms with Crippen molar-refractivity contribution in [1.29, 1.82) is 5.26 Å². The monoisotopic (exact) mass is 235 g/mol. The SMILES string of the molecule is N#Cc1ccc(N)c(C(O)C(O)CC(N)=O)c1. The molecule has 2 atom stereocenters. The van der Waals surface area contributed by atoms with Crippen LogP contribution in [0.1, 0.15) is 23.7 Å². The first kappa shape index (κ1) is 13.0. The molecule has 1 amide bonds. The average Bonchev–Trinajstić information content (AvgIpc) is 2.28. The summed E-state index contributed by atoms with van der Waals surface area (Å²) in [5, 5.41) is 28.0. The summed E-state index contributed by atoms with van der Waals surface area (Å²) in [5.74, 6) is -0.730. The Kier molecular flexibility index (Phi) is 4.04. The molecule has 0 fully saturated rings. The Morgan fingerprint density at radius 3 is 2.65 bits per heavy atom. The Hall–Kier alpha value is -2.10. The second kappa shape index (κ2) is 5.30. The molecule has 17 heavy (non-hydrogen) atoms. The van der Waals surface area contributed by atoms with Crippen LogP contribution in [0.15, 0.2) is 18.2 Å². The highest BCUT2D eigenvalue weighted by Gasteiger charge is 2.22. The van der Waals surface area contributed by atoms with Gasteiger partial charge >= 0.3 is 0 Å². The number of rotatable bonds is 4. The van der Waals surface area contributed by atoms with Crippen molar-refractivity contribution >= 4 is 11.6 Å². The van der Waals surface area contributed by atoms with Gasteiger partial charge in [-0.2, -0.15) is 5.26 Å². The third-order valence-electron chi connectivity index (χ3n) is 2.31. The van der Waals surface area contributed by atoms with Crippen LogP contribution in [0.5, 0.6) is 0 Å². The minimum atomic E-state index is -1.35. The van der Waals surface area contributed by atoms with E-state index in [9.17, 15) is 15.0 Å². The number of benzene rings is 1. The van der Waals surface area contributed by atoms with Crippen LogP contribution in [0.2, 0.25) is 0 Å². The molecule has 0 heterocycles. The maximum absolute atomic E-state index is 10.6. The van der Waals surface area contributed by atoms with Crippen molar-refractivity contribution in [2.75, 3.05) is 5.73 Å². The van der Waals surface area contributed by atoms with Crippen molar-refractivity contribution in [3.05, 3.63) is 29.3 Å². The Balaban J connectivity index is 2.99. The zero-order valence-electron chi connectivity index (χ0n) is 9.00. The molecule has 6 heteroatoms. The fraction of sp³-hybridized carbons (Fsp3) is 0.273. The summed E-state index contributed by atoms with van der Waals surface area (Å²) in [6, 6.07) is 6.20. The predicted molar refractivity (Wildman–Crippen MR) is 60.3 cm³/mol. The number of primary amides is 1. The summed E-state index contributed by atoms with van der Waals surface area (Å²) in [4.78, 5) is 10.6. The standard InChI is InChI=1S/C11H13N3O3/c12-5-6-1-2-8(13)7(3-6)11(17)9(15)4-10(14)16/h1-3,9,11,15,17H,4,13H2,(H2,14,16). The molecule has 6 N–H and O–H groups in total. The van der Waals surface area contributed by atoms with Gasteiger partial charge in [-0.15, -0.1) is 0 Å². The first-order chi connectivity index (χ1) is 7.95. The van der Waals surface area contributed by atoms with E-state index >= 15 is 0 Å². The molecule has 1 rings (SSSR count). The van der Waals surface area contributed by atoms with Gasteiger partial charge in [0.2, 0.25) is 5.91 Å². The number of hydrogen-bond donors (Lipinski definition) is 4. The van der Waals surface area contributed by atoms with Gasteiger partial charge in [0, 0.05) is 11.3 Å². The molecule has 0 radical (unpaired) electrons. The van der Waals surface area contributed by atoms with Crippen molar-refractivity contribution in [3.63, 3.8) is 0 Å². The number of anilines is 1. The fourth-order valence-corrected chi connectivity index (χ4v) is 1.43. The normalized spacial score (nSPS) is 13.7. The quantitative estimate of drug-likeness (QED) is 0.517. The van der Waals surface area contributed by atoms with Crippen LogP contribution >= 0.6 is 0 Å². The van der Waals surface area contributed by atoms with E-state index in [0.717, 1.165) is 0 Å². The number of carbonyl (C=O) groups is 1. The minimum absolute atomic E-state index is 0.206. The number of hydrogen-bond acceptors (Lipinski definition) is 5. The maximum Gasteiger partial charge on any atom is 0.220 e. The van der Waals surface area contributed by atoms with Gasteiger partial charge in [-0.1, -0.05) is 0 Å². The van der Waals surface area contributed by atoms with Gasteiger partial charge in [0.05, 0.1) is 24.2 Å². The lowest BCUT2D eigenvalue weighted by Gasteiger charge is -2.18. The zero-order chi connectivity index (χ0) is 13.0. The van der Waals surface area contributed by atoms with E-state index in [1.54, 1.807) is 0 Å². The Morgan fingerprint density at radius 2 is 2.12 bits per heavy atom. The van der Waals surface area contributed by atoms with Crippen molar-refractivity contribution in [2.24, 2.45) is 5.73 Å². The largest absolute Gasteiger partial charge is 0.398 e. The average molecular weight is 235 g/mol. The topological polar surface area (TPSA) is 133 Å². The second-order valence-corrected chi connectivity index (χ2v) is 3.64. The molecule has 0 aliphatic carbocycles. The molecule has 0 bridgehead atoms. The highest BCUT2D eigenvalue weighted by atomic mass is 16.3. The van der Waals surface area contributed by atoms with Crippen molar-refractivity contribution in [1.82, 2.24) is 0 Å². The summed E-state index contributed by atoms with van der Waals surface area (Å²) in [6.07, 6.45) is -3.07. The van der Waals surface area contributed by atoms with E-state index in [1.807, 2.05) is 6.07 Å². The third kappa shape index (κ3) is 3.17. The summed E-state index contributed by atoms with van der Waals surface area (Å²) >= 11 is 0. The molecule has 0 aliphatic heterocycles. The number of nitrogen functional groups attached to an aromatic ring is 1. The lowest BCUT2D eigenvalue weighted by molar-refractivity contribution is -0.121. The number of carbonyl (C=O) groups excluding carboxylic acids is 1. The van der Waals surface area contributed by atoms with Crippen LogP contribution in [0.3, 0.4) is 0 Å². The summed E-state index contributed by atoms with van der Waals surface area (Å²) < 4.78 is 0. The summed E-state index contributed by atoms with van der Waals surface area (Å²) in [6.45, 7) is 0. The smallest absolute Gasteiger partial charge is 0.220 e. The van der Waals surface area contributed by atoms with Crippen LogP contribution in [0.25, 0.3) is 0 Å². The van der Waals surface area contributed by atoms with E-state index < -0.39 is 18.1 Å². The number of amides is 1. The van der Waals surface area contributed by atoms with Crippen LogP contribution in [-0.2, 0) is 4.79 Å². The molecule has 0 aliphatic rings. The molecule has 1 aromatic rings. The minimum Gasteiger partial charge on any atom is -0.398 e. The van der Waals surface area contributed by atoms with Crippen molar-refractivity contribution < 1.29 is 15.0 Å². The molecule has 0 saturated carbocycles. The van der Waals surface area contributed by atoms with Crippen LogP contribution in [0, 0.1) is 11.3 Å². The first-order valence-electron chi connectivity index (χ1n) is 4.89. The van der Waals surface area contributed by atoms with Gasteiger partial charge in [0.15, 0.2) is 0 Å². The molecule has 90 valence electrons. The highest BCUT2D eigenvalue weighted by molar-refractivity contribution is 5.74. The number of nitrogens with zero attached hydrogens (tertiary/aromatic N) is 1. The van der Waals surface area contributed by atoms with E-state index in [2.05, 4.69) is 0 Å². The number of aliphatic hydroxyl groups is 2. The Labute approximate surface area is 98.1 Å². The van der Waals surface area contributed by atoms with E-state index in [1.165, 1.54) is 18.2 Å². The second-order valence-electron chi connectivity index (χ2n) is 3.64. The lowest BCUT2D eigenvalue weighted by Crippen LogP contribution is -2.26. The highest BCUT2D eigenvalue weighted by Crippen LogP contribution is 2.25. The molecule has 2 unspecified atom stereocenters. The molecule has 0 saturated heterocycles. The Morgan fingerprint density at radius 1 is 1.47 bits per heavy atom. The van der Waals surface area contributed by atoms with Crippen LogP contribution < -0.4 is 11.5 Å². The van der Waals surface area contributed by atoms with Gasteiger partial charge in [0.1, 0.15) is 6.10 Å². The van der Waals surface area contributed by atoms with Gasteiger partial charge in [0.25, 0.3) is 0 Å². The lowest BCUT2D eigenvalue weighted by atomic mass is 9.98. The summed E-state index contributed by atoms with van der Waals surface area (Å²) in [5.41, 5.74) is 11.3. The number of nitrogens with two attached hydrogens (primary N) is 2. The number of aliphatic hydroxyl groups excluding tert-OH is 2. The van der Waals surface area contributed by atoms with Gasteiger partial charge in [-0.3, -0.25) is 4.79 Å². The zero-order valence-corrected chi connectivity index (χ0v) is 9.00. The third-order valence-corrected chi connectivity index (χ3v) is 2.31. The molecular formula is C11H13N3O3. The van der Waals surface area contributed by atoms with Crippen LogP contribution in [0.4, 0.5) is 5.69 Å². The van der Waals surface area contributed by atoms with E-state index in [-0.39, 0.29) is 17.7 Å². The van der Waals surface area contributed by atoms with Gasteiger partial charge < -0.3 is 21.7 Å². The van der Waals surface area contributed by atoms with Gasteiger partial charge in [-0.25, -0.2) is 0 Å². The van der Waals surface area contributed by atoms with E-state index in [0.29, 0.717) is 5.56 Å². The molecule has 0 aromatic heterocycles. The molecule has 1 aromatic carbocycles. The van der Waals surface area contributed by atoms with E-state index in [4.69, 9.17) is 16.7 Å². The first-order valence-corrected chi connectivity index (χ1v) is 4.89. The van der Waals surface area contributed by atoms with Gasteiger partial charge in [-0.05, 0) is 18.2 Å². The molecular weight excluding hydrogens is 222 g/mol. The molecule has 6 nitrogen and oxygen atoms in total. The maximum atomic E-state index is 10.6. The molecule has 0 spiro atoms. The number of nitriles is 1. The van der Waals surface area contributed by atoms with Crippen LogP contribution in [-0.4, -0.2) is 22.2 Å². The fourth-order valence-electron chi connectivity index (χ4n) is 1.43. The summed E-state index contributed by atoms with van der Waals surface area (Å²) in [7, 11) is 0. The predicted octanol–water partition coefficient (Wildman–Crippen LogP) is -0.590. The Bertz CT molecular complexity index is 468.